The third kappa shape index (κ3) is 4.00. The molecule has 7 nitrogen and oxygen atoms in total. The van der Waals surface area contributed by atoms with E-state index < -0.39 is 0 Å². The highest BCUT2D eigenvalue weighted by Gasteiger charge is 2.24. The van der Waals surface area contributed by atoms with Crippen molar-refractivity contribution in [2.45, 2.75) is 39.3 Å². The highest BCUT2D eigenvalue weighted by molar-refractivity contribution is 5.95. The van der Waals surface area contributed by atoms with E-state index in [0.29, 0.717) is 36.2 Å². The molecule has 1 atom stereocenters. The third-order valence-electron chi connectivity index (χ3n) is 5.79. The predicted octanol–water partition coefficient (Wildman–Crippen LogP) is 2.15. The first-order valence-electron chi connectivity index (χ1n) is 10.2. The minimum absolute atomic E-state index is 0.212. The summed E-state index contributed by atoms with van der Waals surface area (Å²) in [7, 11) is 0. The Morgan fingerprint density at radius 2 is 2.07 bits per heavy atom. The number of aryl methyl sites for hydroxylation is 1. The Morgan fingerprint density at radius 1 is 1.24 bits per heavy atom. The molecule has 1 N–H and O–H groups in total. The molecule has 0 saturated carbocycles. The van der Waals surface area contributed by atoms with Crippen LogP contribution in [0.5, 0.6) is 11.5 Å². The normalized spacial score (nSPS) is 18.2. The van der Waals surface area contributed by atoms with Crippen LogP contribution in [0.15, 0.2) is 35.3 Å². The summed E-state index contributed by atoms with van der Waals surface area (Å²) >= 11 is 0. The van der Waals surface area contributed by atoms with Gasteiger partial charge in [0.15, 0.2) is 11.5 Å². The van der Waals surface area contributed by atoms with E-state index in [-0.39, 0.29) is 23.8 Å². The van der Waals surface area contributed by atoms with Gasteiger partial charge in [0.05, 0.1) is 6.54 Å². The van der Waals surface area contributed by atoms with Gasteiger partial charge < -0.3 is 19.4 Å². The van der Waals surface area contributed by atoms with E-state index in [1.54, 1.807) is 17.7 Å². The maximum Gasteiger partial charge on any atom is 0.263 e. The van der Waals surface area contributed by atoms with Crippen molar-refractivity contribution in [3.05, 3.63) is 57.5 Å². The number of rotatable bonds is 6. The van der Waals surface area contributed by atoms with E-state index in [1.807, 2.05) is 24.3 Å². The van der Waals surface area contributed by atoms with Gasteiger partial charge in [-0.05, 0) is 62.2 Å². The number of pyridine rings is 1. The lowest BCUT2D eigenvalue weighted by Gasteiger charge is -2.23. The van der Waals surface area contributed by atoms with Gasteiger partial charge in [0.1, 0.15) is 5.56 Å². The van der Waals surface area contributed by atoms with Crippen molar-refractivity contribution < 1.29 is 14.3 Å². The van der Waals surface area contributed by atoms with Crippen molar-refractivity contribution in [1.29, 1.82) is 0 Å². The van der Waals surface area contributed by atoms with Crippen LogP contribution in [0.25, 0.3) is 0 Å². The topological polar surface area (TPSA) is 72.8 Å². The first-order valence-corrected chi connectivity index (χ1v) is 10.2. The van der Waals surface area contributed by atoms with Crippen LogP contribution in [0.1, 0.15) is 41.3 Å². The van der Waals surface area contributed by atoms with Crippen molar-refractivity contribution in [2.75, 3.05) is 26.4 Å². The van der Waals surface area contributed by atoms with Gasteiger partial charge in [0.25, 0.3) is 11.5 Å². The van der Waals surface area contributed by atoms with E-state index in [1.165, 1.54) is 0 Å². The van der Waals surface area contributed by atoms with Gasteiger partial charge in [-0.25, -0.2) is 0 Å². The largest absolute Gasteiger partial charge is 0.454 e. The zero-order valence-electron chi connectivity index (χ0n) is 16.9. The van der Waals surface area contributed by atoms with E-state index in [0.717, 1.165) is 31.5 Å². The van der Waals surface area contributed by atoms with Crippen molar-refractivity contribution in [3.8, 4) is 11.5 Å². The number of nitrogens with one attached hydrogen (secondary N) is 1. The van der Waals surface area contributed by atoms with Crippen LogP contribution < -0.4 is 20.3 Å². The second kappa shape index (κ2) is 8.29. The summed E-state index contributed by atoms with van der Waals surface area (Å²) in [6.07, 6.45) is 3.96. The second-order valence-electron chi connectivity index (χ2n) is 7.63. The molecule has 1 saturated heterocycles. The van der Waals surface area contributed by atoms with E-state index in [2.05, 4.69) is 17.1 Å². The van der Waals surface area contributed by atoms with Gasteiger partial charge in [-0.3, -0.25) is 14.5 Å². The molecule has 1 aromatic carbocycles. The summed E-state index contributed by atoms with van der Waals surface area (Å²) in [6.45, 7) is 7.14. The Labute approximate surface area is 170 Å². The molecule has 0 spiro atoms. The average Bonchev–Trinajstić information content (AvgIpc) is 3.37. The molecule has 7 heteroatoms. The molecule has 0 bridgehead atoms. The first kappa shape index (κ1) is 19.5. The number of carbonyl (C=O) groups excluding carboxylic acids is 1. The Morgan fingerprint density at radius 3 is 2.90 bits per heavy atom. The molecule has 2 aliphatic heterocycles. The number of fused-ring (bicyclic) bond motifs is 1. The summed E-state index contributed by atoms with van der Waals surface area (Å²) < 4.78 is 12.3. The minimum atomic E-state index is -0.296. The molecule has 0 unspecified atom stereocenters. The zero-order chi connectivity index (χ0) is 20.4. The molecular formula is C22H27N3O4. The fourth-order valence-corrected chi connectivity index (χ4v) is 4.14. The highest BCUT2D eigenvalue weighted by Crippen LogP contribution is 2.32. The molecule has 0 radical (unpaired) electrons. The van der Waals surface area contributed by atoms with Crippen LogP contribution >= 0.6 is 0 Å². The van der Waals surface area contributed by atoms with Gasteiger partial charge in [-0.2, -0.15) is 0 Å². The number of likely N-dealkylation sites (N-methyl/N-ethyl adjacent to an activating group) is 1. The molecule has 3 heterocycles. The summed E-state index contributed by atoms with van der Waals surface area (Å²) in [5, 5.41) is 2.98. The molecule has 0 aliphatic carbocycles. The van der Waals surface area contributed by atoms with Gasteiger partial charge >= 0.3 is 0 Å². The standard InChI is InChI=1S/C22H27N3O4/c1-3-24-9-4-5-17(24)12-23-21(26)20-15(2)8-10-25(22(20)27)13-16-6-7-18-19(11-16)29-14-28-18/h6-8,10-11,17H,3-5,9,12-14H2,1-2H3,(H,23,26)/t17-/m0/s1. The van der Waals surface area contributed by atoms with Crippen LogP contribution in [0, 0.1) is 6.92 Å². The molecule has 4 rings (SSSR count). The lowest BCUT2D eigenvalue weighted by molar-refractivity contribution is 0.0938. The SMILES string of the molecule is CCN1CCC[C@H]1CNC(=O)c1c(C)ccn(Cc2ccc3c(c2)OCO3)c1=O. The molecule has 1 amide bonds. The van der Waals surface area contributed by atoms with Gasteiger partial charge in [0, 0.05) is 18.8 Å². The van der Waals surface area contributed by atoms with Gasteiger partial charge in [-0.15, -0.1) is 0 Å². The average molecular weight is 397 g/mol. The first-order chi connectivity index (χ1) is 14.1. The molecular weight excluding hydrogens is 370 g/mol. The summed E-state index contributed by atoms with van der Waals surface area (Å²) in [4.78, 5) is 28.2. The number of hydrogen-bond acceptors (Lipinski definition) is 5. The van der Waals surface area contributed by atoms with E-state index in [4.69, 9.17) is 9.47 Å². The molecule has 1 aromatic heterocycles. The molecule has 154 valence electrons. The van der Waals surface area contributed by atoms with Crippen molar-refractivity contribution in [1.82, 2.24) is 14.8 Å². The monoisotopic (exact) mass is 397 g/mol. The maximum atomic E-state index is 13.0. The number of likely N-dealkylation sites (tertiary alicyclic amines) is 1. The maximum absolute atomic E-state index is 13.0. The van der Waals surface area contributed by atoms with E-state index in [9.17, 15) is 9.59 Å². The minimum Gasteiger partial charge on any atom is -0.454 e. The molecule has 2 aromatic rings. The molecule has 29 heavy (non-hydrogen) atoms. The zero-order valence-corrected chi connectivity index (χ0v) is 16.9. The van der Waals surface area contributed by atoms with Gasteiger partial charge in [0.2, 0.25) is 6.79 Å². The molecule has 2 aliphatic rings. The van der Waals surface area contributed by atoms with Crippen molar-refractivity contribution >= 4 is 5.91 Å². The Bertz CT molecular complexity index is 969. The van der Waals surface area contributed by atoms with Crippen molar-refractivity contribution in [2.24, 2.45) is 0 Å². The summed E-state index contributed by atoms with van der Waals surface area (Å²) in [5.74, 6) is 1.09. The van der Waals surface area contributed by atoms with Crippen molar-refractivity contribution in [3.63, 3.8) is 0 Å². The number of amides is 1. The number of aromatic nitrogens is 1. The Balaban J connectivity index is 1.50. The van der Waals surface area contributed by atoms with Gasteiger partial charge in [-0.1, -0.05) is 13.0 Å². The summed E-state index contributed by atoms with van der Waals surface area (Å²) in [5.41, 5.74) is 1.54. The lowest BCUT2D eigenvalue weighted by atomic mass is 10.1. The Kier molecular flexibility index (Phi) is 5.58. The molecule has 1 fully saturated rings. The van der Waals surface area contributed by atoms with E-state index >= 15 is 0 Å². The highest BCUT2D eigenvalue weighted by atomic mass is 16.7. The predicted molar refractivity (Wildman–Crippen MR) is 110 cm³/mol. The number of ether oxygens (including phenoxy) is 2. The number of nitrogens with zero attached hydrogens (tertiary/aromatic N) is 2. The third-order valence-corrected chi connectivity index (χ3v) is 5.79. The number of carbonyl (C=O) groups is 1. The number of benzene rings is 1. The van der Waals surface area contributed by atoms with Crippen LogP contribution in [-0.4, -0.2) is 47.8 Å². The van der Waals surface area contributed by atoms with Crippen LogP contribution in [0.2, 0.25) is 0 Å². The van der Waals surface area contributed by atoms with Crippen LogP contribution in [0.4, 0.5) is 0 Å². The fourth-order valence-electron chi connectivity index (χ4n) is 4.14. The van der Waals surface area contributed by atoms with Crippen LogP contribution in [0.3, 0.4) is 0 Å². The smallest absolute Gasteiger partial charge is 0.263 e. The van der Waals surface area contributed by atoms with Crippen LogP contribution in [-0.2, 0) is 6.54 Å². The summed E-state index contributed by atoms with van der Waals surface area (Å²) in [6, 6.07) is 7.78. The second-order valence-corrected chi connectivity index (χ2v) is 7.63. The Hall–Kier alpha value is -2.80. The lowest BCUT2D eigenvalue weighted by Crippen LogP contribution is -2.42. The fraction of sp³-hybridized carbons (Fsp3) is 0.455. The quantitative estimate of drug-likeness (QED) is 0.809. The number of hydrogen-bond donors (Lipinski definition) is 1.